The lowest BCUT2D eigenvalue weighted by atomic mass is 9.93. The molecule has 0 aliphatic carbocycles. The Hall–Kier alpha value is -2.19. The number of fused-ring (bicyclic) bond motifs is 1. The highest BCUT2D eigenvalue weighted by molar-refractivity contribution is 5.91. The minimum atomic E-state index is -0.426. The highest BCUT2D eigenvalue weighted by Crippen LogP contribution is 2.34. The number of amides is 1. The van der Waals surface area contributed by atoms with Crippen molar-refractivity contribution in [3.8, 4) is 0 Å². The number of carbonyl (C=O) groups excluding carboxylic acids is 1. The van der Waals surface area contributed by atoms with Gasteiger partial charge in [0.2, 0.25) is 5.91 Å². The third kappa shape index (κ3) is 3.36. The van der Waals surface area contributed by atoms with Gasteiger partial charge < -0.3 is 19.3 Å². The zero-order valence-electron chi connectivity index (χ0n) is 18.0. The van der Waals surface area contributed by atoms with Crippen molar-refractivity contribution in [3.05, 3.63) is 18.0 Å². The van der Waals surface area contributed by atoms with Crippen molar-refractivity contribution in [1.82, 2.24) is 19.7 Å². The van der Waals surface area contributed by atoms with E-state index >= 15 is 0 Å². The summed E-state index contributed by atoms with van der Waals surface area (Å²) in [6.45, 7) is 9.48. The molecule has 2 aromatic rings. The van der Waals surface area contributed by atoms with E-state index in [0.29, 0.717) is 19.1 Å². The smallest absolute Gasteiger partial charge is 0.225 e. The topological polar surface area (TPSA) is 72.7 Å². The first-order valence-electron chi connectivity index (χ1n) is 11.2. The van der Waals surface area contributed by atoms with Crippen molar-refractivity contribution < 1.29 is 14.3 Å². The molecule has 0 N–H and O–H groups in total. The zero-order chi connectivity index (χ0) is 20.7. The molecule has 3 aliphatic rings. The van der Waals surface area contributed by atoms with E-state index in [2.05, 4.69) is 16.9 Å². The summed E-state index contributed by atoms with van der Waals surface area (Å²) in [6, 6.07) is 2.05. The number of hydrogen-bond acceptors (Lipinski definition) is 6. The summed E-state index contributed by atoms with van der Waals surface area (Å²) in [7, 11) is 0. The SMILES string of the molecule is CCn1nc(C)c2ccnc(N3CCC(C(=O)N4CCC5(CC4)OCCO5)CC3)c21. The number of rotatable bonds is 3. The van der Waals surface area contributed by atoms with Gasteiger partial charge in [0.15, 0.2) is 11.6 Å². The number of pyridine rings is 1. The van der Waals surface area contributed by atoms with Crippen LogP contribution in [0.15, 0.2) is 12.3 Å². The predicted molar refractivity (Wildman–Crippen MR) is 113 cm³/mol. The van der Waals surface area contributed by atoms with Gasteiger partial charge in [-0.05, 0) is 32.8 Å². The third-order valence-corrected chi connectivity index (χ3v) is 6.92. The molecule has 0 unspecified atom stereocenters. The number of nitrogens with zero attached hydrogens (tertiary/aromatic N) is 5. The van der Waals surface area contributed by atoms with Gasteiger partial charge in [-0.3, -0.25) is 9.48 Å². The minimum absolute atomic E-state index is 0.0951. The third-order valence-electron chi connectivity index (χ3n) is 6.92. The maximum atomic E-state index is 13.1. The van der Waals surface area contributed by atoms with E-state index < -0.39 is 5.79 Å². The van der Waals surface area contributed by atoms with Crippen LogP contribution in [-0.4, -0.2) is 70.8 Å². The molecule has 2 aromatic heterocycles. The Kier molecular flexibility index (Phi) is 5.14. The number of hydrogen-bond donors (Lipinski definition) is 0. The summed E-state index contributed by atoms with van der Waals surface area (Å²) in [5.74, 6) is 0.961. The Morgan fingerprint density at radius 1 is 1.17 bits per heavy atom. The molecule has 30 heavy (non-hydrogen) atoms. The second kappa shape index (κ2) is 7.81. The summed E-state index contributed by atoms with van der Waals surface area (Å²) in [4.78, 5) is 22.1. The van der Waals surface area contributed by atoms with Crippen molar-refractivity contribution in [3.63, 3.8) is 0 Å². The molecule has 3 fully saturated rings. The van der Waals surface area contributed by atoms with Crippen LogP contribution in [0.25, 0.3) is 10.9 Å². The van der Waals surface area contributed by atoms with Gasteiger partial charge in [-0.15, -0.1) is 0 Å². The second-order valence-electron chi connectivity index (χ2n) is 8.63. The Bertz CT molecular complexity index is 918. The lowest BCUT2D eigenvalue weighted by Crippen LogP contribution is -2.50. The van der Waals surface area contributed by atoms with E-state index in [9.17, 15) is 4.79 Å². The standard InChI is InChI=1S/C22H31N5O3/c1-3-27-19-18(16(2)24-27)4-9-23-20(19)25-10-5-17(6-11-25)21(28)26-12-7-22(8-13-26)29-14-15-30-22/h4,9,17H,3,5-8,10-15H2,1-2H3. The highest BCUT2D eigenvalue weighted by Gasteiger charge is 2.42. The van der Waals surface area contributed by atoms with Crippen molar-refractivity contribution >= 4 is 22.6 Å². The van der Waals surface area contributed by atoms with Crippen molar-refractivity contribution in [2.45, 2.75) is 51.9 Å². The molecule has 0 radical (unpaired) electrons. The summed E-state index contributed by atoms with van der Waals surface area (Å²) >= 11 is 0. The maximum absolute atomic E-state index is 13.1. The summed E-state index contributed by atoms with van der Waals surface area (Å²) in [5, 5.41) is 5.83. The van der Waals surface area contributed by atoms with Gasteiger partial charge in [-0.25, -0.2) is 4.98 Å². The Morgan fingerprint density at radius 3 is 2.53 bits per heavy atom. The molecule has 0 saturated carbocycles. The zero-order valence-corrected chi connectivity index (χ0v) is 18.0. The lowest BCUT2D eigenvalue weighted by Gasteiger charge is -2.40. The molecular weight excluding hydrogens is 382 g/mol. The number of likely N-dealkylation sites (tertiary alicyclic amines) is 1. The molecular formula is C22H31N5O3. The van der Waals surface area contributed by atoms with Gasteiger partial charge in [-0.2, -0.15) is 5.10 Å². The molecule has 0 atom stereocenters. The van der Waals surface area contributed by atoms with E-state index in [1.165, 1.54) is 5.39 Å². The summed E-state index contributed by atoms with van der Waals surface area (Å²) in [5.41, 5.74) is 2.15. The first-order valence-corrected chi connectivity index (χ1v) is 11.2. The largest absolute Gasteiger partial charge is 0.355 e. The number of carbonyl (C=O) groups is 1. The van der Waals surface area contributed by atoms with Crippen LogP contribution in [0.3, 0.4) is 0 Å². The van der Waals surface area contributed by atoms with Crippen LogP contribution in [0, 0.1) is 12.8 Å². The van der Waals surface area contributed by atoms with Crippen LogP contribution in [0.2, 0.25) is 0 Å². The molecule has 3 aliphatic heterocycles. The van der Waals surface area contributed by atoms with E-state index in [-0.39, 0.29) is 5.92 Å². The minimum Gasteiger partial charge on any atom is -0.355 e. The average Bonchev–Trinajstić information content (AvgIpc) is 3.38. The number of anilines is 1. The van der Waals surface area contributed by atoms with Crippen LogP contribution in [0.5, 0.6) is 0 Å². The summed E-state index contributed by atoms with van der Waals surface area (Å²) in [6.07, 6.45) is 5.17. The lowest BCUT2D eigenvalue weighted by molar-refractivity contribution is -0.188. The normalized spacial score (nSPS) is 22.3. The van der Waals surface area contributed by atoms with Gasteiger partial charge >= 0.3 is 0 Å². The number of piperidine rings is 2. The first kappa shape index (κ1) is 19.8. The molecule has 5 rings (SSSR count). The van der Waals surface area contributed by atoms with E-state index in [1.807, 2.05) is 28.8 Å². The van der Waals surface area contributed by atoms with Gasteiger partial charge in [0, 0.05) is 63.1 Å². The number of ether oxygens (including phenoxy) is 2. The van der Waals surface area contributed by atoms with Gasteiger partial charge in [0.1, 0.15) is 5.52 Å². The molecule has 0 aromatic carbocycles. The fourth-order valence-electron chi connectivity index (χ4n) is 5.18. The molecule has 8 heteroatoms. The Balaban J connectivity index is 1.24. The fourth-order valence-corrected chi connectivity index (χ4v) is 5.18. The van der Waals surface area contributed by atoms with Crippen molar-refractivity contribution in [1.29, 1.82) is 0 Å². The van der Waals surface area contributed by atoms with Crippen LogP contribution < -0.4 is 4.90 Å². The van der Waals surface area contributed by atoms with Crippen LogP contribution >= 0.6 is 0 Å². The molecule has 1 amide bonds. The van der Waals surface area contributed by atoms with Crippen molar-refractivity contribution in [2.24, 2.45) is 5.92 Å². The van der Waals surface area contributed by atoms with E-state index in [0.717, 1.165) is 75.4 Å². The number of aromatic nitrogens is 3. The molecule has 3 saturated heterocycles. The van der Waals surface area contributed by atoms with Crippen LogP contribution in [0.1, 0.15) is 38.3 Å². The second-order valence-corrected chi connectivity index (χ2v) is 8.63. The average molecular weight is 414 g/mol. The monoisotopic (exact) mass is 413 g/mol. The van der Waals surface area contributed by atoms with Crippen LogP contribution in [-0.2, 0) is 20.8 Å². The van der Waals surface area contributed by atoms with Gasteiger partial charge in [-0.1, -0.05) is 0 Å². The van der Waals surface area contributed by atoms with Gasteiger partial charge in [0.25, 0.3) is 0 Å². The molecule has 1 spiro atoms. The van der Waals surface area contributed by atoms with Crippen LogP contribution in [0.4, 0.5) is 5.82 Å². The Labute approximate surface area is 177 Å². The molecule has 5 heterocycles. The van der Waals surface area contributed by atoms with E-state index in [1.54, 1.807) is 0 Å². The predicted octanol–water partition coefficient (Wildman–Crippen LogP) is 2.34. The fraction of sp³-hybridized carbons (Fsp3) is 0.682. The molecule has 8 nitrogen and oxygen atoms in total. The van der Waals surface area contributed by atoms with E-state index in [4.69, 9.17) is 14.5 Å². The quantitative estimate of drug-likeness (QED) is 0.769. The highest BCUT2D eigenvalue weighted by atomic mass is 16.7. The van der Waals surface area contributed by atoms with Crippen molar-refractivity contribution in [2.75, 3.05) is 44.3 Å². The maximum Gasteiger partial charge on any atom is 0.225 e. The Morgan fingerprint density at radius 2 is 1.87 bits per heavy atom. The van der Waals surface area contributed by atoms with Gasteiger partial charge in [0.05, 0.1) is 18.9 Å². The molecule has 162 valence electrons. The first-order chi connectivity index (χ1) is 14.6. The molecule has 0 bridgehead atoms. The number of aryl methyl sites for hydroxylation is 2. The summed E-state index contributed by atoms with van der Waals surface area (Å²) < 4.78 is 13.6.